The van der Waals surface area contributed by atoms with Crippen LogP contribution >= 0.6 is 11.3 Å². The fraction of sp³-hybridized carbons (Fsp3) is 0.409. The number of aromatic amines is 1. The van der Waals surface area contributed by atoms with Gasteiger partial charge in [-0.05, 0) is 72.2 Å². The highest BCUT2D eigenvalue weighted by Gasteiger charge is 2.20. The van der Waals surface area contributed by atoms with Crippen molar-refractivity contribution in [1.82, 2.24) is 15.1 Å². The Kier molecular flexibility index (Phi) is 4.93. The highest BCUT2D eigenvalue weighted by Crippen LogP contribution is 2.36. The molecule has 0 spiro atoms. The van der Waals surface area contributed by atoms with Gasteiger partial charge in [0.05, 0.1) is 22.9 Å². The number of piperidine rings is 1. The van der Waals surface area contributed by atoms with E-state index in [1.807, 2.05) is 0 Å². The van der Waals surface area contributed by atoms with Crippen LogP contribution in [0.1, 0.15) is 36.1 Å². The highest BCUT2D eigenvalue weighted by molar-refractivity contribution is 7.17. The minimum Gasteiger partial charge on any atom is -0.494 e. The molecule has 1 saturated heterocycles. The SMILES string of the molecule is OC1CCCN(CCCOc2ccc3c(c2)CC(c2n[nH]c4ccsc24)=C3)C1. The van der Waals surface area contributed by atoms with Gasteiger partial charge < -0.3 is 14.7 Å². The summed E-state index contributed by atoms with van der Waals surface area (Å²) in [4.78, 5) is 2.34. The molecule has 28 heavy (non-hydrogen) atoms. The van der Waals surface area contributed by atoms with Gasteiger partial charge in [-0.1, -0.05) is 6.07 Å². The Bertz CT molecular complexity index is 1010. The van der Waals surface area contributed by atoms with Crippen molar-refractivity contribution in [2.45, 2.75) is 31.8 Å². The molecule has 0 bridgehead atoms. The van der Waals surface area contributed by atoms with E-state index < -0.39 is 0 Å². The molecule has 1 aliphatic carbocycles. The maximum absolute atomic E-state index is 9.76. The largest absolute Gasteiger partial charge is 0.494 e. The summed E-state index contributed by atoms with van der Waals surface area (Å²) >= 11 is 1.74. The molecule has 3 aromatic rings. The minimum atomic E-state index is -0.155. The summed E-state index contributed by atoms with van der Waals surface area (Å²) < 4.78 is 7.24. The molecule has 1 aliphatic heterocycles. The van der Waals surface area contributed by atoms with Crippen molar-refractivity contribution in [2.75, 3.05) is 26.2 Å². The van der Waals surface area contributed by atoms with E-state index in [1.165, 1.54) is 21.4 Å². The number of ether oxygens (including phenoxy) is 1. The number of nitrogens with one attached hydrogen (secondary N) is 1. The summed E-state index contributed by atoms with van der Waals surface area (Å²) in [5.41, 5.74) is 6.02. The molecule has 1 fully saturated rings. The molecule has 6 heteroatoms. The van der Waals surface area contributed by atoms with Gasteiger partial charge in [0.25, 0.3) is 0 Å². The van der Waals surface area contributed by atoms with E-state index in [0.717, 1.165) is 62.3 Å². The Hall–Kier alpha value is -2.15. The summed E-state index contributed by atoms with van der Waals surface area (Å²) in [6.45, 7) is 3.59. The molecule has 0 amide bonds. The van der Waals surface area contributed by atoms with E-state index in [9.17, 15) is 5.11 Å². The van der Waals surface area contributed by atoms with Gasteiger partial charge in [0.2, 0.25) is 0 Å². The molecule has 2 aliphatic rings. The lowest BCUT2D eigenvalue weighted by Gasteiger charge is -2.29. The van der Waals surface area contributed by atoms with Crippen LogP contribution in [0.4, 0.5) is 0 Å². The van der Waals surface area contributed by atoms with Crippen molar-refractivity contribution in [1.29, 1.82) is 0 Å². The number of fused-ring (bicyclic) bond motifs is 2. The third kappa shape index (κ3) is 3.60. The second-order valence-electron chi connectivity index (χ2n) is 7.74. The normalized spacial score (nSPS) is 19.8. The van der Waals surface area contributed by atoms with Gasteiger partial charge in [0.1, 0.15) is 11.4 Å². The minimum absolute atomic E-state index is 0.155. The molecule has 0 saturated carbocycles. The molecule has 1 unspecified atom stereocenters. The first-order valence-corrected chi connectivity index (χ1v) is 10.9. The molecule has 5 rings (SSSR count). The summed E-state index contributed by atoms with van der Waals surface area (Å²) in [6, 6.07) is 8.46. The van der Waals surface area contributed by atoms with Crippen LogP contribution in [0.3, 0.4) is 0 Å². The first kappa shape index (κ1) is 17.9. The van der Waals surface area contributed by atoms with Crippen LogP contribution in [-0.4, -0.2) is 52.5 Å². The lowest BCUT2D eigenvalue weighted by molar-refractivity contribution is 0.0679. The predicted octanol–water partition coefficient (Wildman–Crippen LogP) is 3.95. The van der Waals surface area contributed by atoms with E-state index in [1.54, 1.807) is 11.3 Å². The second kappa shape index (κ2) is 7.70. The fourth-order valence-electron chi connectivity index (χ4n) is 4.24. The van der Waals surface area contributed by atoms with E-state index >= 15 is 0 Å². The van der Waals surface area contributed by atoms with Gasteiger partial charge in [-0.2, -0.15) is 5.10 Å². The van der Waals surface area contributed by atoms with Gasteiger partial charge >= 0.3 is 0 Å². The number of likely N-dealkylation sites (tertiary alicyclic amines) is 1. The number of aromatic nitrogens is 2. The van der Waals surface area contributed by atoms with Crippen LogP contribution in [0.2, 0.25) is 0 Å². The number of hydrogen-bond acceptors (Lipinski definition) is 5. The van der Waals surface area contributed by atoms with Crippen LogP contribution in [-0.2, 0) is 6.42 Å². The third-order valence-electron chi connectivity index (χ3n) is 5.67. The van der Waals surface area contributed by atoms with E-state index in [-0.39, 0.29) is 6.10 Å². The first-order chi connectivity index (χ1) is 13.8. The number of β-amino-alcohol motifs (C(OH)–C–C–N with tert-alkyl or cyclic N) is 1. The van der Waals surface area contributed by atoms with Crippen molar-refractivity contribution < 1.29 is 9.84 Å². The molecule has 2 aromatic heterocycles. The number of allylic oxidation sites excluding steroid dienone is 1. The highest BCUT2D eigenvalue weighted by atomic mass is 32.1. The molecule has 1 atom stereocenters. The van der Waals surface area contributed by atoms with Crippen LogP contribution in [0, 0.1) is 0 Å². The quantitative estimate of drug-likeness (QED) is 0.621. The smallest absolute Gasteiger partial charge is 0.119 e. The van der Waals surface area contributed by atoms with Gasteiger partial charge in [-0.25, -0.2) is 0 Å². The average molecular weight is 396 g/mol. The summed E-state index contributed by atoms with van der Waals surface area (Å²) in [5, 5.41) is 19.5. The Morgan fingerprint density at radius 2 is 2.29 bits per heavy atom. The number of nitrogens with zero attached hydrogens (tertiary/aromatic N) is 2. The number of rotatable bonds is 6. The Morgan fingerprint density at radius 3 is 3.21 bits per heavy atom. The average Bonchev–Trinajstić information content (AvgIpc) is 3.39. The van der Waals surface area contributed by atoms with Crippen molar-refractivity contribution in [2.24, 2.45) is 0 Å². The van der Waals surface area contributed by atoms with Crippen LogP contribution in [0.25, 0.3) is 21.9 Å². The molecule has 0 radical (unpaired) electrons. The predicted molar refractivity (Wildman–Crippen MR) is 114 cm³/mol. The second-order valence-corrected chi connectivity index (χ2v) is 8.66. The third-order valence-corrected chi connectivity index (χ3v) is 6.59. The summed E-state index contributed by atoms with van der Waals surface area (Å²) in [6.07, 6.45) is 6.01. The summed E-state index contributed by atoms with van der Waals surface area (Å²) in [5.74, 6) is 0.940. The number of hydrogen-bond donors (Lipinski definition) is 2. The molecule has 146 valence electrons. The monoisotopic (exact) mass is 395 g/mol. The van der Waals surface area contributed by atoms with Crippen molar-refractivity contribution in [3.8, 4) is 5.75 Å². The molecule has 3 heterocycles. The van der Waals surface area contributed by atoms with Gasteiger partial charge in [0.15, 0.2) is 0 Å². The topological polar surface area (TPSA) is 61.4 Å². The zero-order chi connectivity index (χ0) is 18.9. The van der Waals surface area contributed by atoms with Crippen molar-refractivity contribution >= 4 is 33.2 Å². The lowest BCUT2D eigenvalue weighted by atomic mass is 10.1. The number of aliphatic hydroxyl groups excluding tert-OH is 1. The molecular weight excluding hydrogens is 370 g/mol. The number of aliphatic hydroxyl groups is 1. The van der Waals surface area contributed by atoms with Gasteiger partial charge in [-0.3, -0.25) is 5.10 Å². The maximum atomic E-state index is 9.76. The van der Waals surface area contributed by atoms with Crippen molar-refractivity contribution in [3.05, 3.63) is 46.5 Å². The summed E-state index contributed by atoms with van der Waals surface area (Å²) in [7, 11) is 0. The van der Waals surface area contributed by atoms with E-state index in [0.29, 0.717) is 6.61 Å². The number of H-pyrrole nitrogens is 1. The Labute approximate surface area is 168 Å². The fourth-order valence-corrected chi connectivity index (χ4v) is 5.11. The van der Waals surface area contributed by atoms with Crippen LogP contribution in [0.5, 0.6) is 5.75 Å². The van der Waals surface area contributed by atoms with Crippen molar-refractivity contribution in [3.63, 3.8) is 0 Å². The molecule has 5 nitrogen and oxygen atoms in total. The number of thiophene rings is 1. The van der Waals surface area contributed by atoms with Gasteiger partial charge in [-0.15, -0.1) is 11.3 Å². The molecular formula is C22H25N3O2S. The Morgan fingerprint density at radius 1 is 1.32 bits per heavy atom. The van der Waals surface area contributed by atoms with Gasteiger partial charge in [0, 0.05) is 19.5 Å². The molecule has 1 aromatic carbocycles. The standard InChI is InChI=1S/C22H25N3O2S/c26-18-3-1-7-25(14-18)8-2-9-27-19-5-4-15-11-17(12-16(15)13-19)21-22-20(23-24-21)6-10-28-22/h4-6,10-11,13,18,26H,1-3,7-9,12,14H2,(H,23,24). The maximum Gasteiger partial charge on any atom is 0.119 e. The van der Waals surface area contributed by atoms with Crippen LogP contribution in [0.15, 0.2) is 29.6 Å². The zero-order valence-electron chi connectivity index (χ0n) is 15.9. The van der Waals surface area contributed by atoms with Crippen LogP contribution < -0.4 is 4.74 Å². The van der Waals surface area contributed by atoms with E-state index in [2.05, 4.69) is 50.8 Å². The number of benzene rings is 1. The lowest BCUT2D eigenvalue weighted by Crippen LogP contribution is -2.39. The van der Waals surface area contributed by atoms with E-state index in [4.69, 9.17) is 4.74 Å². The first-order valence-electron chi connectivity index (χ1n) is 10.0. The zero-order valence-corrected chi connectivity index (χ0v) is 16.7. The Balaban J connectivity index is 1.17. The molecule has 2 N–H and O–H groups in total.